The van der Waals surface area contributed by atoms with Gasteiger partial charge in [-0.15, -0.1) is 0 Å². The molecule has 1 aromatic carbocycles. The summed E-state index contributed by atoms with van der Waals surface area (Å²) in [5.74, 6) is 1.86. The van der Waals surface area contributed by atoms with Gasteiger partial charge >= 0.3 is 0 Å². The van der Waals surface area contributed by atoms with Crippen LogP contribution in [0.2, 0.25) is 0 Å². The average molecular weight is 219 g/mol. The van der Waals surface area contributed by atoms with E-state index in [-0.39, 0.29) is 6.10 Å². The molecule has 0 spiro atoms. The minimum absolute atomic E-state index is 0.226. The van der Waals surface area contributed by atoms with Crippen molar-refractivity contribution in [1.29, 1.82) is 0 Å². The summed E-state index contributed by atoms with van der Waals surface area (Å²) in [6, 6.07) is 10.7. The van der Waals surface area contributed by atoms with E-state index in [2.05, 4.69) is 19.2 Å². The third-order valence-electron chi connectivity index (χ3n) is 3.14. The highest BCUT2D eigenvalue weighted by molar-refractivity contribution is 5.21. The van der Waals surface area contributed by atoms with E-state index in [0.29, 0.717) is 6.04 Å². The van der Waals surface area contributed by atoms with Crippen molar-refractivity contribution in [2.45, 2.75) is 38.8 Å². The fourth-order valence-corrected chi connectivity index (χ4v) is 1.89. The van der Waals surface area contributed by atoms with Gasteiger partial charge in [-0.3, -0.25) is 0 Å². The predicted octanol–water partition coefficient (Wildman–Crippen LogP) is 2.84. The Labute approximate surface area is 98.0 Å². The summed E-state index contributed by atoms with van der Waals surface area (Å²) in [7, 11) is 0. The highest BCUT2D eigenvalue weighted by Crippen LogP contribution is 2.32. The van der Waals surface area contributed by atoms with E-state index in [9.17, 15) is 0 Å². The standard InChI is InChI=1S/C14H21NO/c1-11(10-15-12(2)13-8-9-13)16-14-6-4-3-5-7-14/h3-7,11-13,15H,8-10H2,1-2H3. The summed E-state index contributed by atoms with van der Waals surface area (Å²) in [4.78, 5) is 0. The molecule has 2 heteroatoms. The van der Waals surface area contributed by atoms with Crippen LogP contribution >= 0.6 is 0 Å². The van der Waals surface area contributed by atoms with Gasteiger partial charge in [0.1, 0.15) is 11.9 Å². The quantitative estimate of drug-likeness (QED) is 0.794. The Kier molecular flexibility index (Phi) is 3.83. The zero-order valence-corrected chi connectivity index (χ0v) is 10.1. The molecule has 0 aromatic heterocycles. The van der Waals surface area contributed by atoms with E-state index in [0.717, 1.165) is 18.2 Å². The van der Waals surface area contributed by atoms with Crippen LogP contribution < -0.4 is 10.1 Å². The van der Waals surface area contributed by atoms with E-state index >= 15 is 0 Å². The second kappa shape index (κ2) is 5.35. The molecule has 2 atom stereocenters. The van der Waals surface area contributed by atoms with E-state index in [1.165, 1.54) is 12.8 Å². The zero-order chi connectivity index (χ0) is 11.4. The normalized spacial score (nSPS) is 19.1. The number of benzene rings is 1. The van der Waals surface area contributed by atoms with Gasteiger partial charge < -0.3 is 10.1 Å². The Balaban J connectivity index is 1.69. The molecule has 1 fully saturated rings. The molecule has 1 saturated carbocycles. The number of para-hydroxylation sites is 1. The minimum Gasteiger partial charge on any atom is -0.489 e. The smallest absolute Gasteiger partial charge is 0.119 e. The van der Waals surface area contributed by atoms with Crippen molar-refractivity contribution in [2.24, 2.45) is 5.92 Å². The minimum atomic E-state index is 0.226. The summed E-state index contributed by atoms with van der Waals surface area (Å²) in [6.45, 7) is 5.30. The van der Waals surface area contributed by atoms with Crippen LogP contribution in [-0.2, 0) is 0 Å². The van der Waals surface area contributed by atoms with Crippen LogP contribution in [0.15, 0.2) is 30.3 Å². The van der Waals surface area contributed by atoms with Crippen molar-refractivity contribution < 1.29 is 4.74 Å². The molecule has 0 saturated heterocycles. The number of hydrogen-bond acceptors (Lipinski definition) is 2. The molecule has 1 aliphatic rings. The van der Waals surface area contributed by atoms with E-state index in [4.69, 9.17) is 4.74 Å². The van der Waals surface area contributed by atoms with Crippen LogP contribution in [0, 0.1) is 5.92 Å². The molecule has 16 heavy (non-hydrogen) atoms. The van der Waals surface area contributed by atoms with Gasteiger partial charge in [-0.1, -0.05) is 18.2 Å². The van der Waals surface area contributed by atoms with Gasteiger partial charge in [-0.05, 0) is 44.7 Å². The molecule has 2 rings (SSSR count). The van der Waals surface area contributed by atoms with Gasteiger partial charge in [0, 0.05) is 12.6 Å². The Morgan fingerprint density at radius 2 is 1.94 bits per heavy atom. The Bertz CT molecular complexity index is 308. The van der Waals surface area contributed by atoms with Crippen molar-refractivity contribution in [1.82, 2.24) is 5.32 Å². The lowest BCUT2D eigenvalue weighted by Gasteiger charge is -2.18. The largest absolute Gasteiger partial charge is 0.489 e. The third kappa shape index (κ3) is 3.53. The van der Waals surface area contributed by atoms with Gasteiger partial charge in [0.15, 0.2) is 0 Å². The average Bonchev–Trinajstić information content (AvgIpc) is 3.11. The van der Waals surface area contributed by atoms with Gasteiger partial charge in [0.2, 0.25) is 0 Å². The maximum absolute atomic E-state index is 5.80. The lowest BCUT2D eigenvalue weighted by molar-refractivity contribution is 0.210. The maximum atomic E-state index is 5.80. The van der Waals surface area contributed by atoms with Gasteiger partial charge in [-0.2, -0.15) is 0 Å². The first-order valence-corrected chi connectivity index (χ1v) is 6.21. The highest BCUT2D eigenvalue weighted by atomic mass is 16.5. The Morgan fingerprint density at radius 1 is 1.25 bits per heavy atom. The Hall–Kier alpha value is -1.02. The number of ether oxygens (including phenoxy) is 1. The predicted molar refractivity (Wildman–Crippen MR) is 66.7 cm³/mol. The second-order valence-corrected chi connectivity index (χ2v) is 4.78. The van der Waals surface area contributed by atoms with E-state index in [1.54, 1.807) is 0 Å². The van der Waals surface area contributed by atoms with Crippen LogP contribution in [0.25, 0.3) is 0 Å². The first-order chi connectivity index (χ1) is 7.75. The first-order valence-electron chi connectivity index (χ1n) is 6.21. The molecule has 0 heterocycles. The fourth-order valence-electron chi connectivity index (χ4n) is 1.89. The van der Waals surface area contributed by atoms with Crippen molar-refractivity contribution in [2.75, 3.05) is 6.54 Å². The van der Waals surface area contributed by atoms with Crippen LogP contribution in [0.3, 0.4) is 0 Å². The SMILES string of the molecule is CC(CNC(C)C1CC1)Oc1ccccc1. The molecule has 1 N–H and O–H groups in total. The summed E-state index contributed by atoms with van der Waals surface area (Å²) in [5, 5.41) is 3.54. The first kappa shape index (κ1) is 11.5. The van der Waals surface area contributed by atoms with Crippen molar-refractivity contribution in [3.63, 3.8) is 0 Å². The van der Waals surface area contributed by atoms with E-state index in [1.807, 2.05) is 30.3 Å². The summed E-state index contributed by atoms with van der Waals surface area (Å²) in [6.07, 6.45) is 3.01. The van der Waals surface area contributed by atoms with Crippen LogP contribution in [0.4, 0.5) is 0 Å². The molecule has 1 aromatic rings. The van der Waals surface area contributed by atoms with Gasteiger partial charge in [0.05, 0.1) is 0 Å². The highest BCUT2D eigenvalue weighted by Gasteiger charge is 2.27. The fraction of sp³-hybridized carbons (Fsp3) is 0.571. The van der Waals surface area contributed by atoms with Crippen molar-refractivity contribution in [3.05, 3.63) is 30.3 Å². The van der Waals surface area contributed by atoms with Crippen LogP contribution in [-0.4, -0.2) is 18.7 Å². The molecule has 1 aliphatic carbocycles. The summed E-state index contributed by atoms with van der Waals surface area (Å²) >= 11 is 0. The number of nitrogens with one attached hydrogen (secondary N) is 1. The topological polar surface area (TPSA) is 21.3 Å². The zero-order valence-electron chi connectivity index (χ0n) is 10.1. The second-order valence-electron chi connectivity index (χ2n) is 4.78. The molecule has 0 radical (unpaired) electrons. The molecule has 2 unspecified atom stereocenters. The van der Waals surface area contributed by atoms with Crippen LogP contribution in [0.5, 0.6) is 5.75 Å². The van der Waals surface area contributed by atoms with Gasteiger partial charge in [-0.25, -0.2) is 0 Å². The third-order valence-corrected chi connectivity index (χ3v) is 3.14. The lowest BCUT2D eigenvalue weighted by atomic mass is 10.2. The summed E-state index contributed by atoms with van der Waals surface area (Å²) < 4.78 is 5.80. The molecule has 88 valence electrons. The molecular formula is C14H21NO. The van der Waals surface area contributed by atoms with Crippen LogP contribution in [0.1, 0.15) is 26.7 Å². The monoisotopic (exact) mass is 219 g/mol. The number of hydrogen-bond donors (Lipinski definition) is 1. The maximum Gasteiger partial charge on any atom is 0.119 e. The molecule has 0 aliphatic heterocycles. The molecular weight excluding hydrogens is 198 g/mol. The molecule has 0 bridgehead atoms. The summed E-state index contributed by atoms with van der Waals surface area (Å²) in [5.41, 5.74) is 0. The van der Waals surface area contributed by atoms with Gasteiger partial charge in [0.25, 0.3) is 0 Å². The van der Waals surface area contributed by atoms with Crippen molar-refractivity contribution in [3.8, 4) is 5.75 Å². The Morgan fingerprint density at radius 3 is 2.56 bits per heavy atom. The molecule has 2 nitrogen and oxygen atoms in total. The van der Waals surface area contributed by atoms with E-state index < -0.39 is 0 Å². The lowest BCUT2D eigenvalue weighted by Crippen LogP contribution is -2.36. The molecule has 0 amide bonds. The van der Waals surface area contributed by atoms with Crippen molar-refractivity contribution >= 4 is 0 Å². The number of rotatable bonds is 6.